The molecule has 7 heteroatoms. The van der Waals surface area contributed by atoms with E-state index in [1.54, 1.807) is 34.9 Å². The largest absolute Gasteiger partial charge is 0.466 e. The number of hydrogen-bond acceptors (Lipinski definition) is 3. The zero-order valence-corrected chi connectivity index (χ0v) is 15.2. The predicted molar refractivity (Wildman–Crippen MR) is 98.2 cm³/mol. The number of hydrogen-bond donors (Lipinski definition) is 1. The molecule has 0 unspecified atom stereocenters. The summed E-state index contributed by atoms with van der Waals surface area (Å²) in [5.41, 5.74) is 1.72. The minimum absolute atomic E-state index is 0.0717. The second-order valence-electron chi connectivity index (χ2n) is 6.83. The lowest BCUT2D eigenvalue weighted by Crippen LogP contribution is -2.50. The Hall–Kier alpha value is -3.09. The molecule has 2 aromatic heterocycles. The quantitative estimate of drug-likeness (QED) is 0.755. The summed E-state index contributed by atoms with van der Waals surface area (Å²) in [6.45, 7) is 5.41. The molecule has 0 spiro atoms. The van der Waals surface area contributed by atoms with Crippen molar-refractivity contribution in [2.75, 3.05) is 26.2 Å². The van der Waals surface area contributed by atoms with Gasteiger partial charge in [-0.1, -0.05) is 0 Å². The Bertz CT molecular complexity index is 1030. The van der Waals surface area contributed by atoms with Crippen LogP contribution in [0.4, 0.5) is 4.39 Å². The first-order valence-corrected chi connectivity index (χ1v) is 8.86. The molecule has 1 saturated heterocycles. The van der Waals surface area contributed by atoms with Gasteiger partial charge < -0.3 is 19.2 Å². The van der Waals surface area contributed by atoms with Crippen molar-refractivity contribution in [3.05, 3.63) is 58.9 Å². The number of nitrogens with one attached hydrogen (secondary N) is 1. The highest BCUT2D eigenvalue weighted by Gasteiger charge is 2.27. The smallest absolute Gasteiger partial charge is 0.270 e. The molecule has 2 amide bonds. The molecule has 6 nitrogen and oxygen atoms in total. The van der Waals surface area contributed by atoms with Crippen molar-refractivity contribution in [3.63, 3.8) is 0 Å². The molecule has 3 heterocycles. The number of aromatic amines is 1. The second-order valence-corrected chi connectivity index (χ2v) is 6.83. The molecule has 1 aliphatic rings. The molecule has 0 atom stereocenters. The van der Waals surface area contributed by atoms with Gasteiger partial charge in [0, 0.05) is 37.1 Å². The van der Waals surface area contributed by atoms with Gasteiger partial charge in [0.25, 0.3) is 11.8 Å². The van der Waals surface area contributed by atoms with Crippen LogP contribution in [-0.2, 0) is 0 Å². The first kappa shape index (κ1) is 17.3. The number of furan rings is 1. The van der Waals surface area contributed by atoms with Gasteiger partial charge in [-0.25, -0.2) is 4.39 Å². The van der Waals surface area contributed by atoms with Crippen LogP contribution >= 0.6 is 0 Å². The van der Waals surface area contributed by atoms with Crippen molar-refractivity contribution in [1.82, 2.24) is 14.8 Å². The molecule has 0 aliphatic carbocycles. The lowest BCUT2D eigenvalue weighted by molar-refractivity contribution is 0.0532. The molecule has 1 fully saturated rings. The van der Waals surface area contributed by atoms with Crippen LogP contribution < -0.4 is 0 Å². The number of benzene rings is 1. The Morgan fingerprint density at radius 1 is 1.00 bits per heavy atom. The molecule has 27 heavy (non-hydrogen) atoms. The lowest BCUT2D eigenvalue weighted by Gasteiger charge is -2.34. The van der Waals surface area contributed by atoms with Crippen molar-refractivity contribution >= 4 is 22.7 Å². The first-order valence-electron chi connectivity index (χ1n) is 8.86. The fourth-order valence-corrected chi connectivity index (χ4v) is 3.52. The van der Waals surface area contributed by atoms with Crippen molar-refractivity contribution in [3.8, 4) is 0 Å². The first-order chi connectivity index (χ1) is 12.9. The fourth-order valence-electron chi connectivity index (χ4n) is 3.52. The van der Waals surface area contributed by atoms with Crippen LogP contribution in [0.15, 0.2) is 34.7 Å². The van der Waals surface area contributed by atoms with Crippen molar-refractivity contribution < 1.29 is 18.4 Å². The predicted octanol–water partition coefficient (Wildman–Crippen LogP) is 3.12. The van der Waals surface area contributed by atoms with Crippen molar-refractivity contribution in [2.45, 2.75) is 13.8 Å². The van der Waals surface area contributed by atoms with E-state index in [1.807, 2.05) is 6.92 Å². The lowest BCUT2D eigenvalue weighted by atomic mass is 10.2. The number of nitrogens with zero attached hydrogens (tertiary/aromatic N) is 2. The average Bonchev–Trinajstić information content (AvgIpc) is 3.22. The van der Waals surface area contributed by atoms with Gasteiger partial charge in [-0.05, 0) is 44.2 Å². The maximum Gasteiger partial charge on any atom is 0.270 e. The molecule has 1 aromatic carbocycles. The molecule has 1 aliphatic heterocycles. The van der Waals surface area contributed by atoms with Crippen molar-refractivity contribution in [2.24, 2.45) is 0 Å². The standard InChI is InChI=1S/C20H20FN3O3/c1-12-9-16(13(2)27-12)19(25)23-5-7-24(8-6-23)20(26)18-11-14-10-15(21)3-4-17(14)22-18/h3-4,9-11,22H,5-8H2,1-2H3. The van der Waals surface area contributed by atoms with E-state index in [1.165, 1.54) is 12.1 Å². The molecule has 140 valence electrons. The number of carbonyl (C=O) groups is 2. The van der Waals surface area contributed by atoms with Crippen LogP contribution in [0.25, 0.3) is 10.9 Å². The Balaban J connectivity index is 1.44. The SMILES string of the molecule is Cc1cc(C(=O)N2CCN(C(=O)c3cc4cc(F)ccc4[nH]3)CC2)c(C)o1. The third-order valence-corrected chi connectivity index (χ3v) is 4.94. The van der Waals surface area contributed by atoms with Crippen LogP contribution in [0, 0.1) is 19.7 Å². The van der Waals surface area contributed by atoms with E-state index in [0.29, 0.717) is 54.3 Å². The monoisotopic (exact) mass is 369 g/mol. The van der Waals surface area contributed by atoms with E-state index in [2.05, 4.69) is 4.98 Å². The Morgan fingerprint density at radius 2 is 1.67 bits per heavy atom. The van der Waals surface area contributed by atoms with E-state index in [-0.39, 0.29) is 17.6 Å². The van der Waals surface area contributed by atoms with Crippen LogP contribution in [0.5, 0.6) is 0 Å². The van der Waals surface area contributed by atoms with Gasteiger partial charge >= 0.3 is 0 Å². The molecule has 3 aromatic rings. The normalized spacial score (nSPS) is 14.8. The zero-order chi connectivity index (χ0) is 19.1. The van der Waals surface area contributed by atoms with Gasteiger partial charge in [-0.2, -0.15) is 0 Å². The summed E-state index contributed by atoms with van der Waals surface area (Å²) in [4.78, 5) is 31.9. The van der Waals surface area contributed by atoms with Crippen molar-refractivity contribution in [1.29, 1.82) is 0 Å². The number of H-pyrrole nitrogens is 1. The highest BCUT2D eigenvalue weighted by atomic mass is 19.1. The average molecular weight is 369 g/mol. The van der Waals surface area contributed by atoms with Gasteiger partial charge in [-0.3, -0.25) is 9.59 Å². The summed E-state index contributed by atoms with van der Waals surface area (Å²) >= 11 is 0. The van der Waals surface area contributed by atoms with E-state index in [0.717, 1.165) is 5.52 Å². The highest BCUT2D eigenvalue weighted by molar-refractivity contribution is 5.98. The third kappa shape index (κ3) is 3.20. The van der Waals surface area contributed by atoms with Crippen LogP contribution in [0.1, 0.15) is 32.4 Å². The highest BCUT2D eigenvalue weighted by Crippen LogP contribution is 2.20. The summed E-state index contributed by atoms with van der Waals surface area (Å²) in [7, 11) is 0. The number of halogens is 1. The maximum atomic E-state index is 13.3. The van der Waals surface area contributed by atoms with E-state index >= 15 is 0 Å². The number of aromatic nitrogens is 1. The molecule has 0 saturated carbocycles. The van der Waals surface area contributed by atoms with Gasteiger partial charge in [0.2, 0.25) is 0 Å². The molecular formula is C20H20FN3O3. The molecular weight excluding hydrogens is 349 g/mol. The Labute approximate surface area is 155 Å². The topological polar surface area (TPSA) is 69.6 Å². The third-order valence-electron chi connectivity index (χ3n) is 4.94. The van der Waals surface area contributed by atoms with Crippen LogP contribution in [0.2, 0.25) is 0 Å². The van der Waals surface area contributed by atoms with Crippen LogP contribution in [0.3, 0.4) is 0 Å². The fraction of sp³-hybridized carbons (Fsp3) is 0.300. The number of carbonyl (C=O) groups excluding carboxylic acids is 2. The number of fused-ring (bicyclic) bond motifs is 1. The molecule has 0 bridgehead atoms. The zero-order valence-electron chi connectivity index (χ0n) is 15.2. The minimum Gasteiger partial charge on any atom is -0.466 e. The van der Waals surface area contributed by atoms with Gasteiger partial charge in [0.05, 0.1) is 5.56 Å². The second kappa shape index (κ2) is 6.57. The summed E-state index contributed by atoms with van der Waals surface area (Å²) in [5, 5.41) is 0.665. The van der Waals surface area contributed by atoms with Crippen LogP contribution in [-0.4, -0.2) is 52.8 Å². The number of amides is 2. The Morgan fingerprint density at radius 3 is 2.30 bits per heavy atom. The van der Waals surface area contributed by atoms with E-state index < -0.39 is 0 Å². The summed E-state index contributed by atoms with van der Waals surface area (Å²) in [6, 6.07) is 7.79. The number of rotatable bonds is 2. The van der Waals surface area contributed by atoms with E-state index in [9.17, 15) is 14.0 Å². The summed E-state index contributed by atoms with van der Waals surface area (Å²) < 4.78 is 18.8. The van der Waals surface area contributed by atoms with Gasteiger partial charge in [0.15, 0.2) is 0 Å². The summed E-state index contributed by atoms with van der Waals surface area (Å²) in [5.74, 6) is 0.769. The number of aryl methyl sites for hydroxylation is 2. The van der Waals surface area contributed by atoms with E-state index in [4.69, 9.17) is 4.42 Å². The molecule has 4 rings (SSSR count). The molecule has 0 radical (unpaired) electrons. The minimum atomic E-state index is -0.336. The number of piperazine rings is 1. The van der Waals surface area contributed by atoms with Gasteiger partial charge in [-0.15, -0.1) is 0 Å². The molecule has 1 N–H and O–H groups in total. The summed E-state index contributed by atoms with van der Waals surface area (Å²) in [6.07, 6.45) is 0. The van der Waals surface area contributed by atoms with Gasteiger partial charge in [0.1, 0.15) is 23.0 Å². The maximum absolute atomic E-state index is 13.3. The Kier molecular flexibility index (Phi) is 4.22.